The Morgan fingerprint density at radius 2 is 2.00 bits per heavy atom. The molecule has 120 valence electrons. The standard InChI is InChI=1S/C17H25N3O2/c1-14-3-4-16(19-13-22)11-17(14)15-5-9-20(10-6-15)8-2-7-18-12-21/h3-4,11-13,15H,2,5-10H2,1H3,(H,18,21)(H,19,22). The number of carbonyl (C=O) groups is 2. The summed E-state index contributed by atoms with van der Waals surface area (Å²) in [5.74, 6) is 0.567. The molecule has 0 bridgehead atoms. The molecule has 1 aliphatic rings. The third-order valence-corrected chi connectivity index (χ3v) is 4.41. The van der Waals surface area contributed by atoms with Crippen molar-refractivity contribution < 1.29 is 9.59 Å². The van der Waals surface area contributed by atoms with Gasteiger partial charge in [0.1, 0.15) is 0 Å². The van der Waals surface area contributed by atoms with Gasteiger partial charge in [0, 0.05) is 12.2 Å². The van der Waals surface area contributed by atoms with Crippen LogP contribution in [-0.2, 0) is 9.59 Å². The van der Waals surface area contributed by atoms with E-state index in [-0.39, 0.29) is 0 Å². The monoisotopic (exact) mass is 303 g/mol. The summed E-state index contributed by atoms with van der Waals surface area (Å²) in [6, 6.07) is 6.14. The Morgan fingerprint density at radius 3 is 2.68 bits per heavy atom. The number of amides is 2. The smallest absolute Gasteiger partial charge is 0.211 e. The van der Waals surface area contributed by atoms with E-state index in [0.717, 1.165) is 63.9 Å². The Bertz CT molecular complexity index is 497. The second-order valence-electron chi connectivity index (χ2n) is 5.87. The molecule has 1 aromatic rings. The number of likely N-dealkylation sites (tertiary alicyclic amines) is 1. The fourth-order valence-corrected chi connectivity index (χ4v) is 3.17. The van der Waals surface area contributed by atoms with Crippen LogP contribution in [0.2, 0.25) is 0 Å². The molecule has 5 heteroatoms. The van der Waals surface area contributed by atoms with Gasteiger partial charge in [-0.05, 0) is 75.0 Å². The maximum Gasteiger partial charge on any atom is 0.211 e. The normalized spacial score (nSPS) is 16.2. The average molecular weight is 303 g/mol. The van der Waals surface area contributed by atoms with Crippen LogP contribution in [0.4, 0.5) is 5.69 Å². The third kappa shape index (κ3) is 4.56. The van der Waals surface area contributed by atoms with Crippen molar-refractivity contribution in [2.24, 2.45) is 0 Å². The van der Waals surface area contributed by atoms with Crippen LogP contribution >= 0.6 is 0 Å². The molecule has 1 heterocycles. The van der Waals surface area contributed by atoms with E-state index in [4.69, 9.17) is 0 Å². The van der Waals surface area contributed by atoms with Crippen molar-refractivity contribution >= 4 is 18.5 Å². The quantitative estimate of drug-likeness (QED) is 0.569. The lowest BCUT2D eigenvalue weighted by Gasteiger charge is -2.33. The molecule has 1 aromatic carbocycles. The summed E-state index contributed by atoms with van der Waals surface area (Å²) in [4.78, 5) is 23.3. The minimum absolute atomic E-state index is 0.567. The SMILES string of the molecule is Cc1ccc(NC=O)cc1C1CCN(CCCNC=O)CC1. The molecule has 0 aromatic heterocycles. The van der Waals surface area contributed by atoms with Gasteiger partial charge in [0.05, 0.1) is 0 Å². The van der Waals surface area contributed by atoms with Crippen molar-refractivity contribution in [1.29, 1.82) is 0 Å². The van der Waals surface area contributed by atoms with Crippen molar-refractivity contribution in [3.8, 4) is 0 Å². The first-order valence-corrected chi connectivity index (χ1v) is 7.94. The van der Waals surface area contributed by atoms with Crippen LogP contribution in [-0.4, -0.2) is 43.9 Å². The number of carbonyl (C=O) groups excluding carboxylic acids is 2. The van der Waals surface area contributed by atoms with Gasteiger partial charge in [-0.15, -0.1) is 0 Å². The molecule has 2 N–H and O–H groups in total. The first-order valence-electron chi connectivity index (χ1n) is 7.94. The van der Waals surface area contributed by atoms with Crippen LogP contribution in [0, 0.1) is 6.92 Å². The molecule has 0 spiro atoms. The number of hydrogen-bond acceptors (Lipinski definition) is 3. The maximum atomic E-state index is 10.6. The summed E-state index contributed by atoms with van der Waals surface area (Å²) in [5.41, 5.74) is 3.53. The number of rotatable bonds is 8. The molecule has 1 aliphatic heterocycles. The highest BCUT2D eigenvalue weighted by Gasteiger charge is 2.21. The predicted octanol–water partition coefficient (Wildman–Crippen LogP) is 1.88. The molecule has 2 rings (SSSR count). The van der Waals surface area contributed by atoms with Crippen LogP contribution in [0.1, 0.15) is 36.3 Å². The van der Waals surface area contributed by atoms with Crippen molar-refractivity contribution in [3.63, 3.8) is 0 Å². The van der Waals surface area contributed by atoms with E-state index < -0.39 is 0 Å². The zero-order valence-electron chi connectivity index (χ0n) is 13.2. The second kappa shape index (κ2) is 8.54. The lowest BCUT2D eigenvalue weighted by atomic mass is 9.86. The minimum atomic E-state index is 0.567. The topological polar surface area (TPSA) is 61.4 Å². The summed E-state index contributed by atoms with van der Waals surface area (Å²) in [7, 11) is 0. The van der Waals surface area contributed by atoms with Crippen molar-refractivity contribution in [2.45, 2.75) is 32.1 Å². The van der Waals surface area contributed by atoms with Crippen molar-refractivity contribution in [2.75, 3.05) is 31.5 Å². The molecule has 2 amide bonds. The van der Waals surface area contributed by atoms with Gasteiger partial charge in [-0.2, -0.15) is 0 Å². The minimum Gasteiger partial charge on any atom is -0.359 e. The number of nitrogens with one attached hydrogen (secondary N) is 2. The molecule has 0 aliphatic carbocycles. The van der Waals surface area contributed by atoms with E-state index >= 15 is 0 Å². The third-order valence-electron chi connectivity index (χ3n) is 4.41. The molecular formula is C17H25N3O2. The lowest BCUT2D eigenvalue weighted by Crippen LogP contribution is -2.35. The first kappa shape index (κ1) is 16.5. The first-order chi connectivity index (χ1) is 10.7. The van der Waals surface area contributed by atoms with Gasteiger partial charge in [-0.1, -0.05) is 6.07 Å². The molecule has 1 fully saturated rings. The fourth-order valence-electron chi connectivity index (χ4n) is 3.17. The van der Waals surface area contributed by atoms with Crippen molar-refractivity contribution in [3.05, 3.63) is 29.3 Å². The van der Waals surface area contributed by atoms with Gasteiger partial charge in [0.25, 0.3) is 0 Å². The fraction of sp³-hybridized carbons (Fsp3) is 0.529. The molecule has 1 saturated heterocycles. The van der Waals surface area contributed by atoms with Gasteiger partial charge in [-0.25, -0.2) is 0 Å². The number of hydrogen-bond donors (Lipinski definition) is 2. The highest BCUT2D eigenvalue weighted by molar-refractivity contribution is 5.71. The Morgan fingerprint density at radius 1 is 1.23 bits per heavy atom. The van der Waals surface area contributed by atoms with Gasteiger partial charge < -0.3 is 15.5 Å². The van der Waals surface area contributed by atoms with Gasteiger partial charge in [0.15, 0.2) is 0 Å². The summed E-state index contributed by atoms with van der Waals surface area (Å²) in [6.45, 7) is 6.12. The summed E-state index contributed by atoms with van der Waals surface area (Å²) in [5, 5.41) is 5.44. The van der Waals surface area contributed by atoms with Crippen molar-refractivity contribution in [1.82, 2.24) is 10.2 Å². The van der Waals surface area contributed by atoms with Crippen LogP contribution < -0.4 is 10.6 Å². The number of piperidine rings is 1. The van der Waals surface area contributed by atoms with E-state index in [1.165, 1.54) is 11.1 Å². The molecule has 22 heavy (non-hydrogen) atoms. The maximum absolute atomic E-state index is 10.6. The van der Waals surface area contributed by atoms with Crippen LogP contribution in [0.25, 0.3) is 0 Å². The Labute approximate surface area is 132 Å². The number of anilines is 1. The van der Waals surface area contributed by atoms with E-state index in [0.29, 0.717) is 5.92 Å². The van der Waals surface area contributed by atoms with E-state index in [1.807, 2.05) is 6.07 Å². The predicted molar refractivity (Wildman–Crippen MR) is 88.0 cm³/mol. The number of benzene rings is 1. The molecule has 0 radical (unpaired) electrons. The molecule has 0 unspecified atom stereocenters. The zero-order valence-corrected chi connectivity index (χ0v) is 13.2. The molecular weight excluding hydrogens is 278 g/mol. The van der Waals surface area contributed by atoms with Gasteiger partial charge in [0.2, 0.25) is 12.8 Å². The van der Waals surface area contributed by atoms with Gasteiger partial charge >= 0.3 is 0 Å². The highest BCUT2D eigenvalue weighted by atomic mass is 16.1. The van der Waals surface area contributed by atoms with E-state index in [9.17, 15) is 9.59 Å². The van der Waals surface area contributed by atoms with Crippen LogP contribution in [0.3, 0.4) is 0 Å². The van der Waals surface area contributed by atoms with E-state index in [2.05, 4.69) is 34.6 Å². The Hall–Kier alpha value is -1.88. The Balaban J connectivity index is 1.87. The summed E-state index contributed by atoms with van der Waals surface area (Å²) in [6.07, 6.45) is 4.78. The summed E-state index contributed by atoms with van der Waals surface area (Å²) >= 11 is 0. The zero-order chi connectivity index (χ0) is 15.8. The average Bonchev–Trinajstić information content (AvgIpc) is 2.54. The summed E-state index contributed by atoms with van der Waals surface area (Å²) < 4.78 is 0. The number of nitrogens with zero attached hydrogens (tertiary/aromatic N) is 1. The largest absolute Gasteiger partial charge is 0.359 e. The Kier molecular flexibility index (Phi) is 6.40. The van der Waals surface area contributed by atoms with Gasteiger partial charge in [-0.3, -0.25) is 9.59 Å². The lowest BCUT2D eigenvalue weighted by molar-refractivity contribution is -0.109. The molecule has 0 saturated carbocycles. The molecule has 5 nitrogen and oxygen atoms in total. The van der Waals surface area contributed by atoms with Crippen LogP contribution in [0.15, 0.2) is 18.2 Å². The number of aryl methyl sites for hydroxylation is 1. The second-order valence-corrected chi connectivity index (χ2v) is 5.87. The molecule has 0 atom stereocenters. The van der Waals surface area contributed by atoms with Crippen LogP contribution in [0.5, 0.6) is 0 Å². The van der Waals surface area contributed by atoms with E-state index in [1.54, 1.807) is 0 Å². The highest BCUT2D eigenvalue weighted by Crippen LogP contribution is 2.31.